The van der Waals surface area contributed by atoms with E-state index in [2.05, 4.69) is 50.7 Å². The van der Waals surface area contributed by atoms with Crippen molar-refractivity contribution in [3.05, 3.63) is 0 Å². The number of hydrogen-bond acceptors (Lipinski definition) is 9. The molecule has 1 aliphatic rings. The lowest BCUT2D eigenvalue weighted by Gasteiger charge is -2.27. The third kappa shape index (κ3) is 34.3. The molecular weight excluding hydrogens is 867 g/mol. The van der Waals surface area contributed by atoms with Crippen LogP contribution in [0.5, 0.6) is 0 Å². The lowest BCUT2D eigenvalue weighted by Crippen LogP contribution is -2.58. The molecular formula is C51H97N9O8. The van der Waals surface area contributed by atoms with E-state index in [1.165, 1.54) is 122 Å². The minimum absolute atomic E-state index is 0.0387. The van der Waals surface area contributed by atoms with Gasteiger partial charge in [-0.3, -0.25) is 33.8 Å². The van der Waals surface area contributed by atoms with Gasteiger partial charge in [0.1, 0.15) is 18.1 Å². The van der Waals surface area contributed by atoms with Crippen molar-refractivity contribution in [2.24, 2.45) is 22.4 Å². The average molecular weight is 964 g/mol. The molecule has 2 unspecified atom stereocenters. The Hall–Kier alpha value is -3.99. The van der Waals surface area contributed by atoms with Crippen LogP contribution in [0.15, 0.2) is 4.99 Å². The fourth-order valence-corrected chi connectivity index (χ4v) is 8.12. The zero-order valence-electron chi connectivity index (χ0n) is 43.0. The van der Waals surface area contributed by atoms with Gasteiger partial charge in [-0.1, -0.05) is 169 Å². The van der Waals surface area contributed by atoms with E-state index in [9.17, 15) is 28.8 Å². The van der Waals surface area contributed by atoms with Crippen LogP contribution in [0.1, 0.15) is 214 Å². The maximum absolute atomic E-state index is 13.8. The van der Waals surface area contributed by atoms with Gasteiger partial charge in [0.05, 0.1) is 19.7 Å². The van der Waals surface area contributed by atoms with Gasteiger partial charge < -0.3 is 52.8 Å². The summed E-state index contributed by atoms with van der Waals surface area (Å²) >= 11 is 0. The highest BCUT2D eigenvalue weighted by molar-refractivity contribution is 5.96. The summed E-state index contributed by atoms with van der Waals surface area (Å²) < 4.78 is 12.2. The highest BCUT2D eigenvalue weighted by Gasteiger charge is 2.32. The lowest BCUT2D eigenvalue weighted by atomic mass is 10.0. The minimum atomic E-state index is -1.13. The Kier molecular flexibility index (Phi) is 38.3. The summed E-state index contributed by atoms with van der Waals surface area (Å²) in [4.78, 5) is 83.2. The number of nitrogens with one attached hydrogen (secondary N) is 6. The Morgan fingerprint density at radius 1 is 0.588 bits per heavy atom. The summed E-state index contributed by atoms with van der Waals surface area (Å²) in [5, 5.41) is 16.0. The van der Waals surface area contributed by atoms with Crippen LogP contribution >= 0.6 is 0 Å². The van der Waals surface area contributed by atoms with Crippen LogP contribution in [0.3, 0.4) is 0 Å². The van der Waals surface area contributed by atoms with Gasteiger partial charge in [-0.2, -0.15) is 0 Å². The van der Waals surface area contributed by atoms with Crippen molar-refractivity contribution in [3.8, 4) is 0 Å². The predicted octanol–water partition coefficient (Wildman–Crippen LogP) is 6.44. The van der Waals surface area contributed by atoms with E-state index in [1.807, 2.05) is 0 Å². The van der Waals surface area contributed by atoms with Gasteiger partial charge in [0.25, 0.3) is 0 Å². The van der Waals surface area contributed by atoms with E-state index in [0.29, 0.717) is 19.6 Å². The van der Waals surface area contributed by atoms with Gasteiger partial charge in [0.15, 0.2) is 12.2 Å². The monoisotopic (exact) mass is 964 g/mol. The molecule has 0 aromatic heterocycles. The molecule has 1 fully saturated rings. The molecule has 6 amide bonds. The highest BCUT2D eigenvalue weighted by Crippen LogP contribution is 2.14. The molecule has 0 spiro atoms. The zero-order valence-corrected chi connectivity index (χ0v) is 43.0. The fourth-order valence-electron chi connectivity index (χ4n) is 8.12. The molecule has 1 rings (SSSR count). The van der Waals surface area contributed by atoms with Crippen molar-refractivity contribution in [3.63, 3.8) is 0 Å². The molecule has 0 aromatic carbocycles. The number of unbranched alkanes of at least 4 members (excludes halogenated alkanes) is 22. The first-order valence-electron chi connectivity index (χ1n) is 26.9. The Balaban J connectivity index is 2.81. The largest absolute Gasteiger partial charge is 0.377 e. The Morgan fingerprint density at radius 3 is 1.60 bits per heavy atom. The number of nitrogens with two attached hydrogens (primary N) is 2. The number of ether oxygens (including phenoxy) is 2. The third-order valence-corrected chi connectivity index (χ3v) is 12.3. The first kappa shape index (κ1) is 62.0. The number of aliphatic imine (C=N–C) groups is 1. The number of carbonyl (C=O) groups is 6. The van der Waals surface area contributed by atoms with Crippen molar-refractivity contribution in [1.82, 2.24) is 31.9 Å². The second-order valence-corrected chi connectivity index (χ2v) is 19.0. The van der Waals surface area contributed by atoms with Crippen molar-refractivity contribution in [2.45, 2.75) is 238 Å². The number of amides is 6. The molecule has 1 heterocycles. The van der Waals surface area contributed by atoms with E-state index in [1.54, 1.807) is 13.8 Å². The fraction of sp³-hybridized carbons (Fsp3) is 0.863. The summed E-state index contributed by atoms with van der Waals surface area (Å²) in [6, 6.07) is -3.25. The first-order chi connectivity index (χ1) is 32.9. The SMILES string of the molecule is CCCCCCCCCCCCCCOCC(NC(=O)CCC[C@@H]1NC(=O)CNC(=O)CNC(=O)[C@H](CCCN=C(N)N)NC(=O)C(C(C)C)NC1=O)OCCCCCCCCCCCCCC. The molecule has 0 aliphatic carbocycles. The maximum Gasteiger partial charge on any atom is 0.243 e. The van der Waals surface area contributed by atoms with Crippen LogP contribution in [0.25, 0.3) is 0 Å². The summed E-state index contributed by atoms with van der Waals surface area (Å²) in [5.41, 5.74) is 10.8. The number of hydrogen-bond donors (Lipinski definition) is 8. The lowest BCUT2D eigenvalue weighted by molar-refractivity contribution is -0.134. The van der Waals surface area contributed by atoms with Crippen LogP contribution in [-0.4, -0.2) is 105 Å². The summed E-state index contributed by atoms with van der Waals surface area (Å²) in [6.07, 6.45) is 30.2. The summed E-state index contributed by atoms with van der Waals surface area (Å²) in [6.45, 7) is 8.62. The standard InChI is InChI=1S/C51H97N9O8/c1-5-7-9-11-13-15-17-19-21-23-25-27-35-67-39-46(68-36-28-26-24-22-20-18-16-14-12-10-8-6-2)59-43(61)33-29-31-42-49(65)60-47(40(3)4)50(66)58-41(32-30-34-54-51(52)53)48(64)56-37-44(62)55-38-45(63)57-42/h40-42,46-47H,5-39H2,1-4H3,(H,55,62)(H,56,64)(H,57,63)(H,58,66)(H,59,61)(H,60,65)(H4,52,53,54)/t41-,42-,46?,47?/m0/s1. The average Bonchev–Trinajstić information content (AvgIpc) is 3.30. The molecule has 394 valence electrons. The van der Waals surface area contributed by atoms with Crippen LogP contribution in [0.4, 0.5) is 0 Å². The molecule has 68 heavy (non-hydrogen) atoms. The maximum atomic E-state index is 13.8. The van der Waals surface area contributed by atoms with E-state index < -0.39 is 72.9 Å². The van der Waals surface area contributed by atoms with Crippen molar-refractivity contribution >= 4 is 41.4 Å². The van der Waals surface area contributed by atoms with Gasteiger partial charge in [0, 0.05) is 26.2 Å². The Labute approximate surface area is 410 Å². The normalized spacial score (nSPS) is 17.8. The van der Waals surface area contributed by atoms with Gasteiger partial charge in [-0.05, 0) is 44.4 Å². The van der Waals surface area contributed by atoms with Crippen molar-refractivity contribution < 1.29 is 38.2 Å². The minimum Gasteiger partial charge on any atom is -0.377 e. The first-order valence-corrected chi connectivity index (χ1v) is 26.9. The second kappa shape index (κ2) is 41.9. The predicted molar refractivity (Wildman–Crippen MR) is 271 cm³/mol. The molecule has 1 aliphatic heterocycles. The second-order valence-electron chi connectivity index (χ2n) is 19.0. The molecule has 0 aromatic rings. The van der Waals surface area contributed by atoms with Crippen LogP contribution in [0.2, 0.25) is 0 Å². The Morgan fingerprint density at radius 2 is 1.07 bits per heavy atom. The Bertz CT molecular complexity index is 1400. The van der Waals surface area contributed by atoms with Gasteiger partial charge in [-0.25, -0.2) is 0 Å². The van der Waals surface area contributed by atoms with E-state index in [-0.39, 0.29) is 50.7 Å². The van der Waals surface area contributed by atoms with Crippen molar-refractivity contribution in [1.29, 1.82) is 0 Å². The quantitative estimate of drug-likeness (QED) is 0.0145. The van der Waals surface area contributed by atoms with Crippen LogP contribution in [0, 0.1) is 5.92 Å². The molecule has 0 bridgehead atoms. The number of guanidine groups is 1. The molecule has 4 atom stereocenters. The number of rotatable bonds is 39. The van der Waals surface area contributed by atoms with Gasteiger partial charge >= 0.3 is 0 Å². The van der Waals surface area contributed by atoms with E-state index in [0.717, 1.165) is 32.1 Å². The zero-order chi connectivity index (χ0) is 50.0. The highest BCUT2D eigenvalue weighted by atomic mass is 16.5. The summed E-state index contributed by atoms with van der Waals surface area (Å²) in [7, 11) is 0. The molecule has 0 saturated carbocycles. The van der Waals surface area contributed by atoms with Crippen molar-refractivity contribution in [2.75, 3.05) is 39.5 Å². The van der Waals surface area contributed by atoms with Gasteiger partial charge in [-0.15, -0.1) is 0 Å². The molecule has 0 radical (unpaired) electrons. The van der Waals surface area contributed by atoms with E-state index >= 15 is 0 Å². The number of nitrogens with zero attached hydrogens (tertiary/aromatic N) is 1. The molecule has 17 nitrogen and oxygen atoms in total. The molecule has 17 heteroatoms. The topological polar surface area (TPSA) is 257 Å². The van der Waals surface area contributed by atoms with E-state index in [4.69, 9.17) is 20.9 Å². The smallest absolute Gasteiger partial charge is 0.243 e. The number of carbonyl (C=O) groups excluding carboxylic acids is 6. The van der Waals surface area contributed by atoms with Gasteiger partial charge in [0.2, 0.25) is 35.4 Å². The van der Waals surface area contributed by atoms with Crippen LogP contribution < -0.4 is 43.4 Å². The summed E-state index contributed by atoms with van der Waals surface area (Å²) in [5.74, 6) is -3.96. The van der Waals surface area contributed by atoms with Crippen LogP contribution in [-0.2, 0) is 38.2 Å². The molecule has 10 N–H and O–H groups in total. The third-order valence-electron chi connectivity index (χ3n) is 12.3. The molecule has 1 saturated heterocycles.